The van der Waals surface area contributed by atoms with E-state index in [-0.39, 0.29) is 6.10 Å². The Morgan fingerprint density at radius 1 is 1.42 bits per heavy atom. The summed E-state index contributed by atoms with van der Waals surface area (Å²) in [5, 5.41) is 0. The molecule has 5 nitrogen and oxygen atoms in total. The predicted octanol–water partition coefficient (Wildman–Crippen LogP) is 2.27. The maximum absolute atomic E-state index is 5.71. The number of ether oxygens (including phenoxy) is 1. The zero-order valence-corrected chi connectivity index (χ0v) is 11.7. The van der Waals surface area contributed by atoms with Crippen molar-refractivity contribution in [1.82, 2.24) is 9.88 Å². The number of anilines is 1. The van der Waals surface area contributed by atoms with Gasteiger partial charge < -0.3 is 14.9 Å². The van der Waals surface area contributed by atoms with Crippen molar-refractivity contribution in [3.05, 3.63) is 24.1 Å². The molecule has 0 saturated heterocycles. The molecule has 0 aliphatic heterocycles. The third kappa shape index (κ3) is 3.94. The van der Waals surface area contributed by atoms with Crippen LogP contribution >= 0.6 is 0 Å². The Labute approximate surface area is 113 Å². The number of hydrogen-bond donors (Lipinski definition) is 1. The quantitative estimate of drug-likeness (QED) is 0.810. The standard InChI is InChI=1S/C14H21N3O2/c1-10(2)18-7-6-17(3)9-14-16-12-5-4-11(15)8-13(12)19-14/h4-5,8,10H,6-7,9,15H2,1-3H3. The lowest BCUT2D eigenvalue weighted by Gasteiger charge is -2.15. The minimum atomic E-state index is 0.265. The van der Waals surface area contributed by atoms with E-state index < -0.39 is 0 Å². The van der Waals surface area contributed by atoms with Crippen molar-refractivity contribution in [2.45, 2.75) is 26.5 Å². The molecule has 1 aromatic carbocycles. The van der Waals surface area contributed by atoms with E-state index >= 15 is 0 Å². The van der Waals surface area contributed by atoms with Crippen LogP contribution in [0.4, 0.5) is 5.69 Å². The molecule has 19 heavy (non-hydrogen) atoms. The van der Waals surface area contributed by atoms with Gasteiger partial charge in [-0.05, 0) is 33.0 Å². The summed E-state index contributed by atoms with van der Waals surface area (Å²) >= 11 is 0. The zero-order chi connectivity index (χ0) is 13.8. The first kappa shape index (κ1) is 13.8. The molecule has 0 unspecified atom stereocenters. The summed E-state index contributed by atoms with van der Waals surface area (Å²) in [7, 11) is 2.02. The normalized spacial score (nSPS) is 11.8. The monoisotopic (exact) mass is 263 g/mol. The molecular formula is C14H21N3O2. The van der Waals surface area contributed by atoms with Crippen LogP contribution in [-0.2, 0) is 11.3 Å². The molecule has 2 N–H and O–H groups in total. The molecule has 0 saturated carbocycles. The molecule has 0 aliphatic rings. The Balaban J connectivity index is 1.93. The van der Waals surface area contributed by atoms with Gasteiger partial charge >= 0.3 is 0 Å². The minimum absolute atomic E-state index is 0.265. The molecular weight excluding hydrogens is 242 g/mol. The molecule has 0 spiro atoms. The van der Waals surface area contributed by atoms with E-state index in [1.807, 2.05) is 33.0 Å². The summed E-state index contributed by atoms with van der Waals surface area (Å²) in [6, 6.07) is 5.50. The molecule has 104 valence electrons. The molecule has 5 heteroatoms. The second-order valence-corrected chi connectivity index (χ2v) is 4.99. The number of fused-ring (bicyclic) bond motifs is 1. The molecule has 0 bridgehead atoms. The van der Waals surface area contributed by atoms with Crippen LogP contribution in [-0.4, -0.2) is 36.2 Å². The van der Waals surface area contributed by atoms with Crippen LogP contribution in [0, 0.1) is 0 Å². The predicted molar refractivity (Wildman–Crippen MR) is 75.8 cm³/mol. The van der Waals surface area contributed by atoms with Crippen LogP contribution in [0.5, 0.6) is 0 Å². The first-order valence-electron chi connectivity index (χ1n) is 6.49. The second-order valence-electron chi connectivity index (χ2n) is 4.99. The number of oxazole rings is 1. The zero-order valence-electron chi connectivity index (χ0n) is 11.7. The lowest BCUT2D eigenvalue weighted by molar-refractivity contribution is 0.0614. The number of aromatic nitrogens is 1. The van der Waals surface area contributed by atoms with Gasteiger partial charge in [0.05, 0.1) is 19.3 Å². The van der Waals surface area contributed by atoms with E-state index in [1.165, 1.54) is 0 Å². The Hall–Kier alpha value is -1.59. The van der Waals surface area contributed by atoms with Gasteiger partial charge in [-0.25, -0.2) is 4.98 Å². The lowest BCUT2D eigenvalue weighted by atomic mass is 10.3. The Morgan fingerprint density at radius 2 is 2.21 bits per heavy atom. The highest BCUT2D eigenvalue weighted by Crippen LogP contribution is 2.18. The van der Waals surface area contributed by atoms with Crippen molar-refractivity contribution >= 4 is 16.8 Å². The van der Waals surface area contributed by atoms with Gasteiger partial charge in [0.25, 0.3) is 0 Å². The van der Waals surface area contributed by atoms with Gasteiger partial charge in [0, 0.05) is 18.3 Å². The van der Waals surface area contributed by atoms with Crippen molar-refractivity contribution < 1.29 is 9.15 Å². The summed E-state index contributed by atoms with van der Waals surface area (Å²) in [6.07, 6.45) is 0.265. The maximum atomic E-state index is 5.71. The average Bonchev–Trinajstić information content (AvgIpc) is 2.69. The fourth-order valence-corrected chi connectivity index (χ4v) is 1.81. The van der Waals surface area contributed by atoms with E-state index in [2.05, 4.69) is 9.88 Å². The molecule has 0 radical (unpaired) electrons. The molecule has 1 heterocycles. The van der Waals surface area contributed by atoms with Crippen LogP contribution in [0.1, 0.15) is 19.7 Å². The Bertz CT molecular complexity index is 536. The molecule has 0 atom stereocenters. The van der Waals surface area contributed by atoms with Gasteiger partial charge in [0.2, 0.25) is 5.89 Å². The highest BCUT2D eigenvalue weighted by molar-refractivity contribution is 5.76. The fourth-order valence-electron chi connectivity index (χ4n) is 1.81. The van der Waals surface area contributed by atoms with Crippen molar-refractivity contribution in [2.75, 3.05) is 25.9 Å². The van der Waals surface area contributed by atoms with E-state index in [0.717, 1.165) is 17.6 Å². The molecule has 0 aliphatic carbocycles. The van der Waals surface area contributed by atoms with Crippen LogP contribution in [0.25, 0.3) is 11.1 Å². The highest BCUT2D eigenvalue weighted by atomic mass is 16.5. The molecule has 2 rings (SSSR count). The smallest absolute Gasteiger partial charge is 0.209 e. The van der Waals surface area contributed by atoms with E-state index in [9.17, 15) is 0 Å². The van der Waals surface area contributed by atoms with Crippen LogP contribution in [0.3, 0.4) is 0 Å². The lowest BCUT2D eigenvalue weighted by Crippen LogP contribution is -2.24. The molecule has 0 amide bonds. The third-order valence-electron chi connectivity index (χ3n) is 2.79. The first-order chi connectivity index (χ1) is 9.04. The van der Waals surface area contributed by atoms with Crippen molar-refractivity contribution in [1.29, 1.82) is 0 Å². The molecule has 1 aromatic heterocycles. The molecule has 2 aromatic rings. The van der Waals surface area contributed by atoms with Gasteiger partial charge in [0.1, 0.15) is 5.52 Å². The number of nitrogens with zero attached hydrogens (tertiary/aromatic N) is 2. The number of nitrogens with two attached hydrogens (primary N) is 1. The fraction of sp³-hybridized carbons (Fsp3) is 0.500. The summed E-state index contributed by atoms with van der Waals surface area (Å²) < 4.78 is 11.2. The minimum Gasteiger partial charge on any atom is -0.439 e. The maximum Gasteiger partial charge on any atom is 0.209 e. The summed E-state index contributed by atoms with van der Waals surface area (Å²) in [5.41, 5.74) is 7.98. The Kier molecular flexibility index (Phi) is 4.39. The SMILES string of the molecule is CC(C)OCCN(C)Cc1nc2ccc(N)cc2o1. The number of nitrogen functional groups attached to an aromatic ring is 1. The van der Waals surface area contributed by atoms with Crippen molar-refractivity contribution in [2.24, 2.45) is 0 Å². The summed E-state index contributed by atoms with van der Waals surface area (Å²) in [4.78, 5) is 6.55. The van der Waals surface area contributed by atoms with Crippen LogP contribution in [0.15, 0.2) is 22.6 Å². The van der Waals surface area contributed by atoms with E-state index in [0.29, 0.717) is 24.7 Å². The average molecular weight is 263 g/mol. The summed E-state index contributed by atoms with van der Waals surface area (Å²) in [6.45, 7) is 6.28. The van der Waals surface area contributed by atoms with Crippen LogP contribution in [0.2, 0.25) is 0 Å². The van der Waals surface area contributed by atoms with Gasteiger partial charge in [0.15, 0.2) is 5.58 Å². The largest absolute Gasteiger partial charge is 0.439 e. The highest BCUT2D eigenvalue weighted by Gasteiger charge is 2.08. The van der Waals surface area contributed by atoms with Gasteiger partial charge in [-0.15, -0.1) is 0 Å². The van der Waals surface area contributed by atoms with Gasteiger partial charge in [-0.1, -0.05) is 0 Å². The number of benzene rings is 1. The number of hydrogen-bond acceptors (Lipinski definition) is 5. The first-order valence-corrected chi connectivity index (χ1v) is 6.49. The van der Waals surface area contributed by atoms with Crippen molar-refractivity contribution in [3.63, 3.8) is 0 Å². The Morgan fingerprint density at radius 3 is 2.95 bits per heavy atom. The third-order valence-corrected chi connectivity index (χ3v) is 2.79. The topological polar surface area (TPSA) is 64.5 Å². The van der Waals surface area contributed by atoms with Gasteiger partial charge in [-0.3, -0.25) is 4.90 Å². The number of rotatable bonds is 6. The van der Waals surface area contributed by atoms with E-state index in [4.69, 9.17) is 14.9 Å². The summed E-state index contributed by atoms with van der Waals surface area (Å²) in [5.74, 6) is 0.702. The van der Waals surface area contributed by atoms with Crippen molar-refractivity contribution in [3.8, 4) is 0 Å². The molecule has 0 fully saturated rings. The van der Waals surface area contributed by atoms with Gasteiger partial charge in [-0.2, -0.15) is 0 Å². The number of likely N-dealkylation sites (N-methyl/N-ethyl adjacent to an activating group) is 1. The van der Waals surface area contributed by atoms with E-state index in [1.54, 1.807) is 6.07 Å². The second kappa shape index (κ2) is 6.04. The van der Waals surface area contributed by atoms with Crippen LogP contribution < -0.4 is 5.73 Å².